The number of nitrogens with zero attached hydrogens (tertiary/aromatic N) is 4. The van der Waals surface area contributed by atoms with E-state index in [1.165, 1.54) is 0 Å². The van der Waals surface area contributed by atoms with Gasteiger partial charge in [-0.2, -0.15) is 10.2 Å². The molecule has 11 heteroatoms. The summed E-state index contributed by atoms with van der Waals surface area (Å²) in [6.45, 7) is 2.02. The van der Waals surface area contributed by atoms with Gasteiger partial charge in [-0.3, -0.25) is 15.0 Å². The SMILES string of the molecule is Cc1cc(C(=O)N2C[C@@H](NS(C)(=O)=O)C[C@H]2c2nc(-c3ccccc3)n[nH]2)n[nH]1. The zero-order chi connectivity index (χ0) is 20.6. The lowest BCUT2D eigenvalue weighted by Crippen LogP contribution is -2.38. The summed E-state index contributed by atoms with van der Waals surface area (Å²) in [6.07, 6.45) is 1.48. The van der Waals surface area contributed by atoms with E-state index in [-0.39, 0.29) is 18.1 Å². The minimum absolute atomic E-state index is 0.212. The monoisotopic (exact) mass is 415 g/mol. The fourth-order valence-electron chi connectivity index (χ4n) is 3.52. The zero-order valence-electron chi connectivity index (χ0n) is 16.0. The van der Waals surface area contributed by atoms with Crippen LogP contribution in [0.1, 0.15) is 34.5 Å². The highest BCUT2D eigenvalue weighted by molar-refractivity contribution is 7.88. The molecule has 0 aliphatic carbocycles. The summed E-state index contributed by atoms with van der Waals surface area (Å²) in [4.78, 5) is 19.2. The number of benzene rings is 1. The third-order valence-electron chi connectivity index (χ3n) is 4.72. The lowest BCUT2D eigenvalue weighted by atomic mass is 10.1. The molecule has 1 amide bonds. The van der Waals surface area contributed by atoms with E-state index in [1.807, 2.05) is 37.3 Å². The highest BCUT2D eigenvalue weighted by atomic mass is 32.2. The molecule has 2 aromatic heterocycles. The van der Waals surface area contributed by atoms with Crippen LogP contribution in [0.5, 0.6) is 0 Å². The van der Waals surface area contributed by atoms with E-state index in [0.29, 0.717) is 18.1 Å². The number of nitrogens with one attached hydrogen (secondary N) is 3. The van der Waals surface area contributed by atoms with Gasteiger partial charge in [-0.15, -0.1) is 0 Å². The number of sulfonamides is 1. The first-order chi connectivity index (χ1) is 13.8. The molecule has 3 aromatic rings. The van der Waals surface area contributed by atoms with Gasteiger partial charge in [-0.1, -0.05) is 30.3 Å². The van der Waals surface area contributed by atoms with Crippen LogP contribution in [0.15, 0.2) is 36.4 Å². The molecule has 1 fully saturated rings. The van der Waals surface area contributed by atoms with Crippen molar-refractivity contribution in [2.24, 2.45) is 0 Å². The van der Waals surface area contributed by atoms with E-state index < -0.39 is 22.1 Å². The van der Waals surface area contributed by atoms with Crippen LogP contribution in [0.4, 0.5) is 0 Å². The molecule has 0 spiro atoms. The van der Waals surface area contributed by atoms with Crippen LogP contribution < -0.4 is 4.72 Å². The van der Waals surface area contributed by atoms with Crippen molar-refractivity contribution in [2.45, 2.75) is 25.4 Å². The number of carbonyl (C=O) groups is 1. The van der Waals surface area contributed by atoms with Gasteiger partial charge in [0.05, 0.1) is 12.3 Å². The second kappa shape index (κ2) is 7.41. The van der Waals surface area contributed by atoms with Crippen LogP contribution in [-0.2, 0) is 10.0 Å². The van der Waals surface area contributed by atoms with E-state index in [0.717, 1.165) is 17.5 Å². The first-order valence-electron chi connectivity index (χ1n) is 9.08. The summed E-state index contributed by atoms with van der Waals surface area (Å²) < 4.78 is 26.0. The Labute approximate surface area is 167 Å². The quantitative estimate of drug-likeness (QED) is 0.569. The van der Waals surface area contributed by atoms with Gasteiger partial charge in [0.2, 0.25) is 10.0 Å². The third kappa shape index (κ3) is 4.20. The highest BCUT2D eigenvalue weighted by Crippen LogP contribution is 2.32. The summed E-state index contributed by atoms with van der Waals surface area (Å²) in [5.41, 5.74) is 1.89. The van der Waals surface area contributed by atoms with E-state index in [2.05, 4.69) is 30.1 Å². The lowest BCUT2D eigenvalue weighted by molar-refractivity contribution is 0.0722. The maximum atomic E-state index is 13.0. The third-order valence-corrected chi connectivity index (χ3v) is 5.48. The van der Waals surface area contributed by atoms with Crippen molar-refractivity contribution in [3.8, 4) is 11.4 Å². The van der Waals surface area contributed by atoms with E-state index in [1.54, 1.807) is 11.0 Å². The topological polar surface area (TPSA) is 137 Å². The number of aryl methyl sites for hydroxylation is 1. The average Bonchev–Trinajstić information content (AvgIpc) is 3.39. The van der Waals surface area contributed by atoms with Crippen LogP contribution in [-0.4, -0.2) is 63.4 Å². The van der Waals surface area contributed by atoms with Crippen LogP contribution in [0.25, 0.3) is 11.4 Å². The van der Waals surface area contributed by atoms with Gasteiger partial charge in [0, 0.05) is 23.8 Å². The summed E-state index contributed by atoms with van der Waals surface area (Å²) in [7, 11) is -3.42. The summed E-state index contributed by atoms with van der Waals surface area (Å²) in [5, 5.41) is 14.0. The average molecular weight is 415 g/mol. The van der Waals surface area contributed by atoms with Crippen molar-refractivity contribution in [1.82, 2.24) is 35.0 Å². The number of carbonyl (C=O) groups excluding carboxylic acids is 1. The molecule has 1 aliphatic heterocycles. The maximum Gasteiger partial charge on any atom is 0.275 e. The molecule has 4 rings (SSSR count). The number of H-pyrrole nitrogens is 2. The molecule has 1 saturated heterocycles. The second-order valence-corrected chi connectivity index (χ2v) is 8.92. The van der Waals surface area contributed by atoms with Crippen molar-refractivity contribution in [3.05, 3.63) is 53.6 Å². The summed E-state index contributed by atoms with van der Waals surface area (Å²) in [6, 6.07) is 10.3. The molecule has 1 aromatic carbocycles. The van der Waals surface area contributed by atoms with Crippen LogP contribution in [0.2, 0.25) is 0 Å². The van der Waals surface area contributed by atoms with E-state index >= 15 is 0 Å². The zero-order valence-corrected chi connectivity index (χ0v) is 16.8. The van der Waals surface area contributed by atoms with Crippen molar-refractivity contribution >= 4 is 15.9 Å². The van der Waals surface area contributed by atoms with Crippen molar-refractivity contribution < 1.29 is 13.2 Å². The summed E-state index contributed by atoms with van der Waals surface area (Å²) >= 11 is 0. The van der Waals surface area contributed by atoms with Gasteiger partial charge < -0.3 is 4.90 Å². The number of aromatic amines is 2. The number of rotatable bonds is 5. The highest BCUT2D eigenvalue weighted by Gasteiger charge is 2.40. The molecule has 0 saturated carbocycles. The number of amides is 1. The van der Waals surface area contributed by atoms with E-state index in [4.69, 9.17) is 0 Å². The number of likely N-dealkylation sites (tertiary alicyclic amines) is 1. The lowest BCUT2D eigenvalue weighted by Gasteiger charge is -2.21. The van der Waals surface area contributed by atoms with Crippen molar-refractivity contribution in [1.29, 1.82) is 0 Å². The molecule has 10 nitrogen and oxygen atoms in total. The van der Waals surface area contributed by atoms with E-state index in [9.17, 15) is 13.2 Å². The molecule has 152 valence electrons. The molecule has 3 N–H and O–H groups in total. The Kier molecular flexibility index (Phi) is 4.92. The standard InChI is InChI=1S/C18H21N7O3S/c1-11-8-14(21-20-11)18(26)25-10-13(24-29(2,27)28)9-15(25)17-19-16(22-23-17)12-6-4-3-5-7-12/h3-8,13,15,24H,9-10H2,1-2H3,(H,20,21)(H,19,22,23)/t13-,15-/m0/s1. The van der Waals surface area contributed by atoms with Gasteiger partial charge in [0.15, 0.2) is 5.82 Å². The Balaban J connectivity index is 1.64. The number of aromatic nitrogens is 5. The Morgan fingerprint density at radius 3 is 2.62 bits per heavy atom. The van der Waals surface area contributed by atoms with Crippen LogP contribution in [0, 0.1) is 6.92 Å². The van der Waals surface area contributed by atoms with Gasteiger partial charge in [-0.05, 0) is 19.4 Å². The molecular weight excluding hydrogens is 394 g/mol. The molecule has 0 bridgehead atoms. The van der Waals surface area contributed by atoms with Crippen molar-refractivity contribution in [2.75, 3.05) is 12.8 Å². The minimum atomic E-state index is -3.42. The van der Waals surface area contributed by atoms with Gasteiger partial charge >= 0.3 is 0 Å². The second-order valence-electron chi connectivity index (χ2n) is 7.14. The fraction of sp³-hybridized carbons (Fsp3) is 0.333. The maximum absolute atomic E-state index is 13.0. The molecular formula is C18H21N7O3S. The predicted molar refractivity (Wildman–Crippen MR) is 105 cm³/mol. The fourth-order valence-corrected chi connectivity index (χ4v) is 4.30. The predicted octanol–water partition coefficient (Wildman–Crippen LogP) is 1.01. The summed E-state index contributed by atoms with van der Waals surface area (Å²) in [5.74, 6) is 0.722. The van der Waals surface area contributed by atoms with Gasteiger partial charge in [0.1, 0.15) is 11.5 Å². The van der Waals surface area contributed by atoms with Crippen molar-refractivity contribution in [3.63, 3.8) is 0 Å². The molecule has 2 atom stereocenters. The first-order valence-corrected chi connectivity index (χ1v) is 11.0. The van der Waals surface area contributed by atoms with Crippen LogP contribution >= 0.6 is 0 Å². The minimum Gasteiger partial charge on any atom is -0.325 e. The molecule has 1 aliphatic rings. The molecule has 3 heterocycles. The Bertz CT molecular complexity index is 1120. The Morgan fingerprint density at radius 2 is 1.97 bits per heavy atom. The Hall–Kier alpha value is -3.05. The number of hydrogen-bond donors (Lipinski definition) is 3. The smallest absolute Gasteiger partial charge is 0.275 e. The van der Waals surface area contributed by atoms with Gasteiger partial charge in [-0.25, -0.2) is 18.1 Å². The Morgan fingerprint density at radius 1 is 1.21 bits per heavy atom. The van der Waals surface area contributed by atoms with Crippen LogP contribution in [0.3, 0.4) is 0 Å². The molecule has 0 radical (unpaired) electrons. The number of hydrogen-bond acceptors (Lipinski definition) is 6. The van der Waals surface area contributed by atoms with Gasteiger partial charge in [0.25, 0.3) is 5.91 Å². The first kappa shape index (κ1) is 19.3. The normalized spacial score (nSPS) is 19.6. The largest absolute Gasteiger partial charge is 0.325 e. The molecule has 0 unspecified atom stereocenters. The molecule has 29 heavy (non-hydrogen) atoms.